The van der Waals surface area contributed by atoms with Crippen LogP contribution in [0.3, 0.4) is 0 Å². The van der Waals surface area contributed by atoms with Crippen LogP contribution in [0.15, 0.2) is 45.8 Å². The van der Waals surface area contributed by atoms with Crippen molar-refractivity contribution in [3.63, 3.8) is 0 Å². The number of nitrogens with one attached hydrogen (secondary N) is 1. The van der Waals surface area contributed by atoms with Crippen molar-refractivity contribution in [2.75, 3.05) is 11.6 Å². The number of rotatable bonds is 3. The molecule has 2 aromatic carbocycles. The lowest BCUT2D eigenvalue weighted by Gasteiger charge is -2.10. The van der Waals surface area contributed by atoms with Gasteiger partial charge in [0, 0.05) is 9.37 Å². The van der Waals surface area contributed by atoms with Gasteiger partial charge in [-0.15, -0.1) is 11.8 Å². The number of hydrogen-bond donors (Lipinski definition) is 1. The zero-order valence-electron chi connectivity index (χ0n) is 11.0. The van der Waals surface area contributed by atoms with Gasteiger partial charge in [-0.3, -0.25) is 4.79 Å². The first-order chi connectivity index (χ1) is 9.51. The van der Waals surface area contributed by atoms with Crippen molar-refractivity contribution in [2.45, 2.75) is 11.8 Å². The van der Waals surface area contributed by atoms with Crippen LogP contribution >= 0.6 is 39.3 Å². The summed E-state index contributed by atoms with van der Waals surface area (Å²) in [6.07, 6.45) is 1.96. The zero-order valence-corrected chi connectivity index (χ0v) is 14.2. The normalized spacial score (nSPS) is 10.4. The molecule has 0 bridgehead atoms. The molecular formula is C15H13BrClNOS. The average molecular weight is 371 g/mol. The molecule has 0 unspecified atom stereocenters. The van der Waals surface area contributed by atoms with E-state index in [1.54, 1.807) is 23.9 Å². The summed E-state index contributed by atoms with van der Waals surface area (Å²) in [5.74, 6) is -0.213. The Bertz CT molecular complexity index is 660. The Morgan fingerprint density at radius 2 is 2.00 bits per heavy atom. The van der Waals surface area contributed by atoms with Crippen molar-refractivity contribution in [1.29, 1.82) is 0 Å². The van der Waals surface area contributed by atoms with Crippen LogP contribution in [-0.2, 0) is 0 Å². The molecule has 1 N–H and O–H groups in total. The van der Waals surface area contributed by atoms with Crippen LogP contribution in [0.2, 0.25) is 5.02 Å². The van der Waals surface area contributed by atoms with Crippen molar-refractivity contribution in [3.05, 3.63) is 57.0 Å². The second kappa shape index (κ2) is 6.66. The van der Waals surface area contributed by atoms with Crippen molar-refractivity contribution in [3.8, 4) is 0 Å². The Morgan fingerprint density at radius 1 is 1.25 bits per heavy atom. The van der Waals surface area contributed by atoms with Gasteiger partial charge in [0.1, 0.15) is 0 Å². The largest absolute Gasteiger partial charge is 0.321 e. The standard InChI is InChI=1S/C15H13BrClNOS/c1-9-3-6-14(12(16)7-9)18-15(19)11-8-10(20-2)4-5-13(11)17/h3-8H,1-2H3,(H,18,19). The van der Waals surface area contributed by atoms with Crippen LogP contribution in [0.4, 0.5) is 5.69 Å². The zero-order chi connectivity index (χ0) is 14.7. The first-order valence-corrected chi connectivity index (χ1v) is 8.32. The fraction of sp³-hybridized carbons (Fsp3) is 0.133. The Morgan fingerprint density at radius 3 is 2.65 bits per heavy atom. The number of halogens is 2. The molecule has 2 rings (SSSR count). The summed E-state index contributed by atoms with van der Waals surface area (Å²) in [6.45, 7) is 2.00. The molecule has 0 atom stereocenters. The first kappa shape index (κ1) is 15.4. The minimum atomic E-state index is -0.213. The van der Waals surface area contributed by atoms with Gasteiger partial charge in [-0.1, -0.05) is 17.7 Å². The van der Waals surface area contributed by atoms with Gasteiger partial charge in [-0.25, -0.2) is 0 Å². The van der Waals surface area contributed by atoms with Gasteiger partial charge in [-0.05, 0) is 65.0 Å². The van der Waals surface area contributed by atoms with Gasteiger partial charge < -0.3 is 5.32 Å². The number of amides is 1. The highest BCUT2D eigenvalue weighted by Gasteiger charge is 2.12. The summed E-state index contributed by atoms with van der Waals surface area (Å²) in [6, 6.07) is 11.2. The number of thioether (sulfide) groups is 1. The van der Waals surface area contributed by atoms with Gasteiger partial charge in [0.25, 0.3) is 5.91 Å². The van der Waals surface area contributed by atoms with Crippen LogP contribution in [0, 0.1) is 6.92 Å². The maximum atomic E-state index is 12.3. The lowest BCUT2D eigenvalue weighted by Crippen LogP contribution is -2.13. The van der Waals surface area contributed by atoms with Crippen LogP contribution in [0.5, 0.6) is 0 Å². The number of hydrogen-bond acceptors (Lipinski definition) is 2. The number of anilines is 1. The molecule has 2 aromatic rings. The van der Waals surface area contributed by atoms with E-state index in [0.717, 1.165) is 20.6 Å². The van der Waals surface area contributed by atoms with Gasteiger partial charge in [0.05, 0.1) is 16.3 Å². The molecule has 0 fully saturated rings. The van der Waals surface area contributed by atoms with Gasteiger partial charge in [-0.2, -0.15) is 0 Å². The average Bonchev–Trinajstić information content (AvgIpc) is 2.42. The SMILES string of the molecule is CSc1ccc(Cl)c(C(=O)Nc2ccc(C)cc2Br)c1. The highest BCUT2D eigenvalue weighted by molar-refractivity contribution is 9.10. The third-order valence-electron chi connectivity index (χ3n) is 2.79. The maximum absolute atomic E-state index is 12.3. The van der Waals surface area contributed by atoms with Crippen molar-refractivity contribution in [1.82, 2.24) is 0 Å². The van der Waals surface area contributed by atoms with Crippen LogP contribution in [0.1, 0.15) is 15.9 Å². The van der Waals surface area contributed by atoms with E-state index in [-0.39, 0.29) is 5.91 Å². The lowest BCUT2D eigenvalue weighted by atomic mass is 10.2. The molecule has 20 heavy (non-hydrogen) atoms. The quantitative estimate of drug-likeness (QED) is 0.734. The molecule has 2 nitrogen and oxygen atoms in total. The van der Waals surface area contributed by atoms with Crippen molar-refractivity contribution in [2.24, 2.45) is 0 Å². The van der Waals surface area contributed by atoms with Crippen LogP contribution in [-0.4, -0.2) is 12.2 Å². The monoisotopic (exact) mass is 369 g/mol. The van der Waals surface area contributed by atoms with E-state index in [0.29, 0.717) is 10.6 Å². The van der Waals surface area contributed by atoms with E-state index in [2.05, 4.69) is 21.2 Å². The van der Waals surface area contributed by atoms with Crippen molar-refractivity contribution >= 4 is 50.9 Å². The van der Waals surface area contributed by atoms with Crippen LogP contribution < -0.4 is 5.32 Å². The molecule has 5 heteroatoms. The summed E-state index contributed by atoms with van der Waals surface area (Å²) in [4.78, 5) is 13.3. The molecule has 1 amide bonds. The van der Waals surface area contributed by atoms with E-state index in [1.165, 1.54) is 0 Å². The van der Waals surface area contributed by atoms with E-state index in [1.807, 2.05) is 37.4 Å². The first-order valence-electron chi connectivity index (χ1n) is 5.92. The minimum Gasteiger partial charge on any atom is -0.321 e. The summed E-state index contributed by atoms with van der Waals surface area (Å²) >= 11 is 11.1. The molecule has 0 aliphatic carbocycles. The van der Waals surface area contributed by atoms with E-state index in [9.17, 15) is 4.79 Å². The number of benzene rings is 2. The van der Waals surface area contributed by atoms with Gasteiger partial charge in [0.2, 0.25) is 0 Å². The predicted molar refractivity (Wildman–Crippen MR) is 90.1 cm³/mol. The van der Waals surface area contributed by atoms with Crippen molar-refractivity contribution < 1.29 is 4.79 Å². The Labute approximate surface area is 136 Å². The fourth-order valence-electron chi connectivity index (χ4n) is 1.72. The third-order valence-corrected chi connectivity index (χ3v) is 4.50. The lowest BCUT2D eigenvalue weighted by molar-refractivity contribution is 0.102. The molecule has 0 aliphatic rings. The smallest absolute Gasteiger partial charge is 0.257 e. The summed E-state index contributed by atoms with van der Waals surface area (Å²) in [7, 11) is 0. The minimum absolute atomic E-state index is 0.213. The third kappa shape index (κ3) is 3.57. The van der Waals surface area contributed by atoms with E-state index < -0.39 is 0 Å². The highest BCUT2D eigenvalue weighted by atomic mass is 79.9. The number of carbonyl (C=O) groups is 1. The second-order valence-corrected chi connectivity index (χ2v) is 6.42. The molecule has 0 saturated carbocycles. The highest BCUT2D eigenvalue weighted by Crippen LogP contribution is 2.27. The Kier molecular flexibility index (Phi) is 5.13. The molecular weight excluding hydrogens is 358 g/mol. The number of aryl methyl sites for hydroxylation is 1. The molecule has 0 radical (unpaired) electrons. The molecule has 104 valence electrons. The van der Waals surface area contributed by atoms with Gasteiger partial charge in [0.15, 0.2) is 0 Å². The number of carbonyl (C=O) groups excluding carboxylic acids is 1. The fourth-order valence-corrected chi connectivity index (χ4v) is 2.95. The van der Waals surface area contributed by atoms with Crippen LogP contribution in [0.25, 0.3) is 0 Å². The molecule has 0 aromatic heterocycles. The van der Waals surface area contributed by atoms with Gasteiger partial charge >= 0.3 is 0 Å². The van der Waals surface area contributed by atoms with E-state index in [4.69, 9.17) is 11.6 Å². The molecule has 0 spiro atoms. The summed E-state index contributed by atoms with van der Waals surface area (Å²) < 4.78 is 0.850. The molecule has 0 aliphatic heterocycles. The molecule has 0 saturated heterocycles. The second-order valence-electron chi connectivity index (χ2n) is 4.28. The summed E-state index contributed by atoms with van der Waals surface area (Å²) in [5, 5.41) is 3.31. The Hall–Kier alpha value is -0.970. The maximum Gasteiger partial charge on any atom is 0.257 e. The Balaban J connectivity index is 2.28. The molecule has 0 heterocycles. The predicted octanol–water partition coefficient (Wildman–Crippen LogP) is 5.39. The topological polar surface area (TPSA) is 29.1 Å². The van der Waals surface area contributed by atoms with E-state index >= 15 is 0 Å². The summed E-state index contributed by atoms with van der Waals surface area (Å²) in [5.41, 5.74) is 2.33.